The fraction of sp³-hybridized carbons (Fsp3) is 0.500. The molecule has 20 heavy (non-hydrogen) atoms. The second kappa shape index (κ2) is 6.17. The van der Waals surface area contributed by atoms with Crippen LogP contribution < -0.4 is 0 Å². The van der Waals surface area contributed by atoms with E-state index in [-0.39, 0.29) is 17.5 Å². The van der Waals surface area contributed by atoms with Crippen molar-refractivity contribution in [2.45, 2.75) is 23.7 Å². The van der Waals surface area contributed by atoms with Gasteiger partial charge in [-0.1, -0.05) is 0 Å². The normalized spacial score (nSPS) is 21.1. The molecule has 1 aliphatic rings. The Hall–Kier alpha value is -0.370. The van der Waals surface area contributed by atoms with Gasteiger partial charge >= 0.3 is 0 Å². The Morgan fingerprint density at radius 3 is 2.75 bits per heavy atom. The highest BCUT2D eigenvalue weighted by molar-refractivity contribution is 7.99. The highest BCUT2D eigenvalue weighted by Crippen LogP contribution is 2.28. The number of hydrogen-bond acceptors (Lipinski definition) is 3. The molecular formula is C12H14ClF2NO2S2. The summed E-state index contributed by atoms with van der Waals surface area (Å²) in [4.78, 5) is -0.632. The molecule has 0 N–H and O–H groups in total. The van der Waals surface area contributed by atoms with E-state index in [2.05, 4.69) is 0 Å². The maximum Gasteiger partial charge on any atom is 0.246 e. The van der Waals surface area contributed by atoms with Gasteiger partial charge in [-0.05, 0) is 24.6 Å². The van der Waals surface area contributed by atoms with Crippen LogP contribution in [0.15, 0.2) is 17.0 Å². The van der Waals surface area contributed by atoms with Crippen LogP contribution in [0.4, 0.5) is 8.78 Å². The summed E-state index contributed by atoms with van der Waals surface area (Å²) in [5.41, 5.74) is 0.239. The molecule has 0 amide bonds. The minimum absolute atomic E-state index is 0.0782. The molecule has 1 heterocycles. The molecule has 1 unspecified atom stereocenters. The predicted octanol–water partition coefficient (Wildman–Crippen LogP) is 2.83. The monoisotopic (exact) mass is 341 g/mol. The Labute approximate surface area is 126 Å². The minimum atomic E-state index is -4.05. The summed E-state index contributed by atoms with van der Waals surface area (Å²) < 4.78 is 53.6. The number of sulfonamides is 1. The van der Waals surface area contributed by atoms with Crippen LogP contribution >= 0.6 is 23.4 Å². The summed E-state index contributed by atoms with van der Waals surface area (Å²) in [6.45, 7) is 2.05. The molecule has 1 atom stereocenters. The van der Waals surface area contributed by atoms with E-state index in [1.54, 1.807) is 18.7 Å². The standard InChI is InChI=1S/C12H14ClF2NO2S2/c1-8-7-19-3-2-16(8)20(17,18)11-5-9(6-13)4-10(14)12(11)15/h4-5,8H,2-3,6-7H2,1H3. The lowest BCUT2D eigenvalue weighted by Crippen LogP contribution is -2.44. The molecule has 0 aromatic heterocycles. The van der Waals surface area contributed by atoms with Gasteiger partial charge in [0.1, 0.15) is 4.90 Å². The van der Waals surface area contributed by atoms with Crippen molar-refractivity contribution in [1.29, 1.82) is 0 Å². The third-order valence-corrected chi connectivity index (χ3v) is 6.61. The van der Waals surface area contributed by atoms with E-state index >= 15 is 0 Å². The van der Waals surface area contributed by atoms with Gasteiger partial charge in [0.15, 0.2) is 11.6 Å². The lowest BCUT2D eigenvalue weighted by Gasteiger charge is -2.32. The molecule has 3 nitrogen and oxygen atoms in total. The average molecular weight is 342 g/mol. The summed E-state index contributed by atoms with van der Waals surface area (Å²) in [7, 11) is -4.05. The van der Waals surface area contributed by atoms with E-state index in [0.717, 1.165) is 12.1 Å². The summed E-state index contributed by atoms with van der Waals surface area (Å²) in [5, 5.41) is 0. The van der Waals surface area contributed by atoms with Crippen LogP contribution in [0.3, 0.4) is 0 Å². The Balaban J connectivity index is 2.51. The predicted molar refractivity (Wildman–Crippen MR) is 76.6 cm³/mol. The first-order valence-electron chi connectivity index (χ1n) is 6.01. The largest absolute Gasteiger partial charge is 0.246 e. The fourth-order valence-corrected chi connectivity index (χ4v) is 5.21. The van der Waals surface area contributed by atoms with Crippen LogP contribution in [0.1, 0.15) is 12.5 Å². The summed E-state index contributed by atoms with van der Waals surface area (Å²) in [5.74, 6) is -1.34. The van der Waals surface area contributed by atoms with Gasteiger partial charge in [-0.15, -0.1) is 11.6 Å². The van der Waals surface area contributed by atoms with Crippen LogP contribution in [0.5, 0.6) is 0 Å². The van der Waals surface area contributed by atoms with E-state index in [1.165, 1.54) is 4.31 Å². The van der Waals surface area contributed by atoms with Crippen LogP contribution in [0.25, 0.3) is 0 Å². The molecule has 112 valence electrons. The first-order chi connectivity index (χ1) is 9.37. The SMILES string of the molecule is CC1CSCCN1S(=O)(=O)c1cc(CCl)cc(F)c1F. The van der Waals surface area contributed by atoms with Crippen molar-refractivity contribution in [2.24, 2.45) is 0 Å². The number of benzene rings is 1. The third-order valence-electron chi connectivity index (χ3n) is 3.10. The highest BCUT2D eigenvalue weighted by atomic mass is 35.5. The van der Waals surface area contributed by atoms with Crippen LogP contribution in [0, 0.1) is 11.6 Å². The number of halogens is 3. The second-order valence-electron chi connectivity index (χ2n) is 4.56. The summed E-state index contributed by atoms with van der Waals surface area (Å²) >= 11 is 7.22. The molecule has 0 radical (unpaired) electrons. The average Bonchev–Trinajstić information content (AvgIpc) is 2.41. The lowest BCUT2D eigenvalue weighted by molar-refractivity contribution is 0.363. The van der Waals surface area contributed by atoms with E-state index in [9.17, 15) is 17.2 Å². The van der Waals surface area contributed by atoms with Crippen LogP contribution in [-0.2, 0) is 15.9 Å². The van der Waals surface area contributed by atoms with Gasteiger partial charge in [0.05, 0.1) is 0 Å². The zero-order chi connectivity index (χ0) is 14.9. The van der Waals surface area contributed by atoms with E-state index in [1.807, 2.05) is 0 Å². The maximum absolute atomic E-state index is 13.9. The second-order valence-corrected chi connectivity index (χ2v) is 7.84. The molecule has 1 aromatic rings. The van der Waals surface area contributed by atoms with Crippen molar-refractivity contribution in [3.05, 3.63) is 29.3 Å². The number of rotatable bonds is 3. The highest BCUT2D eigenvalue weighted by Gasteiger charge is 2.34. The Morgan fingerprint density at radius 1 is 1.45 bits per heavy atom. The Bertz CT molecular complexity index is 610. The van der Waals surface area contributed by atoms with Crippen molar-refractivity contribution >= 4 is 33.4 Å². The van der Waals surface area contributed by atoms with Gasteiger partial charge in [-0.25, -0.2) is 17.2 Å². The van der Waals surface area contributed by atoms with Gasteiger partial charge in [0, 0.05) is 30.0 Å². The maximum atomic E-state index is 13.9. The minimum Gasteiger partial charge on any atom is -0.207 e. The first kappa shape index (κ1) is 16.0. The topological polar surface area (TPSA) is 37.4 Å². The number of hydrogen-bond donors (Lipinski definition) is 0. The quantitative estimate of drug-likeness (QED) is 0.793. The Morgan fingerprint density at radius 2 is 2.15 bits per heavy atom. The molecule has 2 rings (SSSR count). The van der Waals surface area contributed by atoms with E-state index in [4.69, 9.17) is 11.6 Å². The van der Waals surface area contributed by atoms with Gasteiger partial charge in [0.25, 0.3) is 0 Å². The lowest BCUT2D eigenvalue weighted by atomic mass is 10.2. The van der Waals surface area contributed by atoms with Gasteiger partial charge in [0.2, 0.25) is 10.0 Å². The molecule has 1 aliphatic heterocycles. The molecule has 0 aliphatic carbocycles. The van der Waals surface area contributed by atoms with Crippen molar-refractivity contribution in [3.63, 3.8) is 0 Å². The Kier molecular flexibility index (Phi) is 4.94. The first-order valence-corrected chi connectivity index (χ1v) is 9.14. The van der Waals surface area contributed by atoms with E-state index in [0.29, 0.717) is 18.1 Å². The molecule has 1 saturated heterocycles. The van der Waals surface area contributed by atoms with Crippen molar-refractivity contribution < 1.29 is 17.2 Å². The zero-order valence-corrected chi connectivity index (χ0v) is 13.2. The molecule has 1 fully saturated rings. The fourth-order valence-electron chi connectivity index (χ4n) is 2.08. The molecular weight excluding hydrogens is 328 g/mol. The van der Waals surface area contributed by atoms with Crippen LogP contribution in [-0.4, -0.2) is 36.8 Å². The number of nitrogens with zero attached hydrogens (tertiary/aromatic N) is 1. The van der Waals surface area contributed by atoms with Crippen molar-refractivity contribution in [1.82, 2.24) is 4.31 Å². The number of thioether (sulfide) groups is 1. The van der Waals surface area contributed by atoms with Crippen molar-refractivity contribution in [2.75, 3.05) is 18.1 Å². The molecule has 0 spiro atoms. The third kappa shape index (κ3) is 2.95. The van der Waals surface area contributed by atoms with Gasteiger partial charge in [-0.3, -0.25) is 0 Å². The molecule has 8 heteroatoms. The number of alkyl halides is 1. The molecule has 1 aromatic carbocycles. The van der Waals surface area contributed by atoms with Crippen molar-refractivity contribution in [3.8, 4) is 0 Å². The van der Waals surface area contributed by atoms with Gasteiger partial charge in [-0.2, -0.15) is 16.1 Å². The van der Waals surface area contributed by atoms with Gasteiger partial charge < -0.3 is 0 Å². The summed E-state index contributed by atoms with van der Waals surface area (Å²) in [6.07, 6.45) is 0. The smallest absolute Gasteiger partial charge is 0.207 e. The van der Waals surface area contributed by atoms with Crippen LogP contribution in [0.2, 0.25) is 0 Å². The summed E-state index contributed by atoms with van der Waals surface area (Å²) in [6, 6.07) is 1.77. The molecule has 0 bridgehead atoms. The zero-order valence-electron chi connectivity index (χ0n) is 10.8. The van der Waals surface area contributed by atoms with E-state index < -0.39 is 26.6 Å². The molecule has 0 saturated carbocycles.